The molecule has 1 atom stereocenters. The van der Waals surface area contributed by atoms with Crippen LogP contribution >= 0.6 is 0 Å². The monoisotopic (exact) mass is 455 g/mol. The van der Waals surface area contributed by atoms with Gasteiger partial charge in [0, 0.05) is 28.7 Å². The maximum absolute atomic E-state index is 12.8. The van der Waals surface area contributed by atoms with Crippen molar-refractivity contribution in [1.29, 1.82) is 0 Å². The number of aromatic amines is 1. The van der Waals surface area contributed by atoms with Crippen molar-refractivity contribution >= 4 is 34.1 Å². The largest absolute Gasteiger partial charge is 0.497 e. The van der Waals surface area contributed by atoms with Crippen molar-refractivity contribution in [2.24, 2.45) is 0 Å². The van der Waals surface area contributed by atoms with Crippen LogP contribution in [0.25, 0.3) is 22.2 Å². The lowest BCUT2D eigenvalue weighted by Gasteiger charge is -2.23. The van der Waals surface area contributed by atoms with Crippen molar-refractivity contribution in [3.05, 3.63) is 72.3 Å². The van der Waals surface area contributed by atoms with Crippen molar-refractivity contribution in [2.75, 3.05) is 17.7 Å². The number of amides is 2. The van der Waals surface area contributed by atoms with E-state index >= 15 is 0 Å². The minimum Gasteiger partial charge on any atom is -0.497 e. The summed E-state index contributed by atoms with van der Waals surface area (Å²) in [7, 11) is 1.64. The Kier molecular flexibility index (Phi) is 5.67. The molecule has 1 aromatic heterocycles. The first-order valence-electron chi connectivity index (χ1n) is 11.2. The summed E-state index contributed by atoms with van der Waals surface area (Å²) in [5.41, 5.74) is 5.32. The van der Waals surface area contributed by atoms with E-state index in [-0.39, 0.29) is 11.8 Å². The number of H-pyrrole nitrogens is 1. The zero-order valence-electron chi connectivity index (χ0n) is 19.0. The molecule has 3 aromatic carbocycles. The molecule has 0 spiro atoms. The smallest absolute Gasteiger partial charge is 0.265 e. The second-order valence-electron chi connectivity index (χ2n) is 8.26. The predicted molar refractivity (Wildman–Crippen MR) is 132 cm³/mol. The molecule has 0 radical (unpaired) electrons. The van der Waals surface area contributed by atoms with Crippen LogP contribution in [-0.4, -0.2) is 30.0 Å². The molecule has 2 amide bonds. The highest BCUT2D eigenvalue weighted by Gasteiger charge is 2.23. The van der Waals surface area contributed by atoms with Crippen molar-refractivity contribution in [3.8, 4) is 22.8 Å². The Morgan fingerprint density at radius 2 is 1.88 bits per heavy atom. The number of benzene rings is 3. The minimum atomic E-state index is -0.538. The average Bonchev–Trinajstić information content (AvgIpc) is 3.22. The molecule has 0 unspecified atom stereocenters. The Morgan fingerprint density at radius 1 is 1.09 bits per heavy atom. The van der Waals surface area contributed by atoms with Crippen LogP contribution in [0.5, 0.6) is 11.5 Å². The van der Waals surface area contributed by atoms with Gasteiger partial charge in [-0.25, -0.2) is 0 Å². The average molecular weight is 456 g/mol. The van der Waals surface area contributed by atoms with Crippen LogP contribution in [0.2, 0.25) is 0 Å². The summed E-state index contributed by atoms with van der Waals surface area (Å²) in [5.74, 6) is 1.07. The predicted octanol–water partition coefficient (Wildman–Crippen LogP) is 5.13. The molecule has 5 rings (SSSR count). The van der Waals surface area contributed by atoms with Gasteiger partial charge in [-0.3, -0.25) is 9.59 Å². The third-order valence-corrected chi connectivity index (χ3v) is 5.99. The number of hydrogen-bond donors (Lipinski definition) is 3. The van der Waals surface area contributed by atoms with Gasteiger partial charge in [-0.15, -0.1) is 0 Å². The first-order valence-corrected chi connectivity index (χ1v) is 11.2. The number of para-hydroxylation sites is 1. The Balaban J connectivity index is 1.34. The van der Waals surface area contributed by atoms with Gasteiger partial charge < -0.3 is 25.1 Å². The van der Waals surface area contributed by atoms with E-state index in [9.17, 15) is 9.59 Å². The van der Waals surface area contributed by atoms with Crippen LogP contribution in [0.3, 0.4) is 0 Å². The maximum atomic E-state index is 12.8. The fourth-order valence-electron chi connectivity index (χ4n) is 4.21. The van der Waals surface area contributed by atoms with E-state index in [1.165, 1.54) is 0 Å². The third-order valence-electron chi connectivity index (χ3n) is 5.99. The Bertz CT molecular complexity index is 1370. The molecule has 7 heteroatoms. The van der Waals surface area contributed by atoms with Gasteiger partial charge in [0.1, 0.15) is 11.5 Å². The minimum absolute atomic E-state index is 0.109. The van der Waals surface area contributed by atoms with Gasteiger partial charge in [-0.1, -0.05) is 18.2 Å². The van der Waals surface area contributed by atoms with E-state index in [2.05, 4.69) is 21.7 Å². The van der Waals surface area contributed by atoms with Gasteiger partial charge in [0.2, 0.25) is 5.91 Å². The third kappa shape index (κ3) is 4.20. The van der Waals surface area contributed by atoms with E-state index in [1.807, 2.05) is 42.5 Å². The first kappa shape index (κ1) is 21.6. The number of fused-ring (bicyclic) bond motifs is 2. The summed E-state index contributed by atoms with van der Waals surface area (Å²) in [5, 5.41) is 6.83. The van der Waals surface area contributed by atoms with E-state index in [0.29, 0.717) is 30.0 Å². The molecule has 2 heterocycles. The number of anilines is 2. The van der Waals surface area contributed by atoms with Gasteiger partial charge in [0.15, 0.2) is 6.10 Å². The number of aryl methyl sites for hydroxylation is 1. The number of ether oxygens (including phenoxy) is 2. The number of aromatic nitrogens is 1. The number of methoxy groups -OCH3 is 1. The molecule has 7 nitrogen and oxygen atoms in total. The fraction of sp³-hybridized carbons (Fsp3) is 0.185. The molecular formula is C27H25N3O4. The summed E-state index contributed by atoms with van der Waals surface area (Å²) in [6, 6.07) is 21.2. The Hall–Kier alpha value is -4.26. The molecule has 0 saturated heterocycles. The summed E-state index contributed by atoms with van der Waals surface area (Å²) in [4.78, 5) is 28.2. The second-order valence-corrected chi connectivity index (χ2v) is 8.26. The molecule has 3 N–H and O–H groups in total. The number of carbonyl (C=O) groups is 2. The van der Waals surface area contributed by atoms with Crippen LogP contribution in [0.1, 0.15) is 18.9 Å². The highest BCUT2D eigenvalue weighted by atomic mass is 16.5. The summed E-state index contributed by atoms with van der Waals surface area (Å²) >= 11 is 0. The number of rotatable bonds is 6. The molecule has 0 saturated carbocycles. The van der Waals surface area contributed by atoms with Crippen molar-refractivity contribution in [1.82, 2.24) is 4.98 Å². The first-order chi connectivity index (χ1) is 16.5. The van der Waals surface area contributed by atoms with Crippen LogP contribution in [0, 0.1) is 0 Å². The lowest BCUT2D eigenvalue weighted by Crippen LogP contribution is -2.34. The standard InChI is InChI=1S/C27H25N3O4/c1-16-27(32)30-23-15-18(9-13-24(23)34-16)28-25(31)14-12-21-20-5-3-4-6-22(20)29-26(21)17-7-10-19(33-2)11-8-17/h3-11,13,15-16,29H,12,14H2,1-2H3,(H,28,31)(H,30,32)/t16-/m0/s1. The zero-order chi connectivity index (χ0) is 23.7. The Morgan fingerprint density at radius 3 is 2.68 bits per heavy atom. The normalized spacial score (nSPS) is 14.8. The van der Waals surface area contributed by atoms with Crippen LogP contribution < -0.4 is 20.1 Å². The SMILES string of the molecule is COc1ccc(-c2[nH]c3ccccc3c2CCC(=O)Nc2ccc3c(c2)NC(=O)[C@H](C)O3)cc1. The van der Waals surface area contributed by atoms with E-state index in [0.717, 1.165) is 33.5 Å². The number of carbonyl (C=O) groups excluding carboxylic acids is 2. The molecule has 172 valence electrons. The molecule has 0 aliphatic carbocycles. The van der Waals surface area contributed by atoms with Crippen molar-refractivity contribution in [3.63, 3.8) is 0 Å². The number of hydrogen-bond acceptors (Lipinski definition) is 4. The second kappa shape index (κ2) is 8.94. The van der Waals surface area contributed by atoms with Gasteiger partial charge in [0.25, 0.3) is 5.91 Å². The van der Waals surface area contributed by atoms with E-state index < -0.39 is 6.10 Å². The topological polar surface area (TPSA) is 92.5 Å². The highest BCUT2D eigenvalue weighted by molar-refractivity contribution is 5.99. The molecule has 4 aromatic rings. The van der Waals surface area contributed by atoms with Gasteiger partial charge in [-0.05, 0) is 73.0 Å². The van der Waals surface area contributed by atoms with Crippen LogP contribution in [0.4, 0.5) is 11.4 Å². The Labute approximate surface area is 197 Å². The van der Waals surface area contributed by atoms with Crippen LogP contribution in [0.15, 0.2) is 66.7 Å². The molecule has 34 heavy (non-hydrogen) atoms. The van der Waals surface area contributed by atoms with Gasteiger partial charge in [0.05, 0.1) is 12.8 Å². The molecule has 0 fully saturated rings. The lowest BCUT2D eigenvalue weighted by atomic mass is 10.0. The van der Waals surface area contributed by atoms with E-state index in [4.69, 9.17) is 9.47 Å². The lowest BCUT2D eigenvalue weighted by molar-refractivity contribution is -0.122. The van der Waals surface area contributed by atoms with Crippen LogP contribution in [-0.2, 0) is 16.0 Å². The molecule has 0 bridgehead atoms. The summed E-state index contributed by atoms with van der Waals surface area (Å²) in [6.07, 6.45) is 0.339. The molecular weight excluding hydrogens is 430 g/mol. The number of nitrogens with one attached hydrogen (secondary N) is 3. The summed E-state index contributed by atoms with van der Waals surface area (Å²) in [6.45, 7) is 1.69. The van der Waals surface area contributed by atoms with Crippen molar-refractivity contribution in [2.45, 2.75) is 25.9 Å². The molecule has 1 aliphatic heterocycles. The highest BCUT2D eigenvalue weighted by Crippen LogP contribution is 2.34. The zero-order valence-corrected chi connectivity index (χ0v) is 19.0. The van der Waals surface area contributed by atoms with Gasteiger partial charge in [-0.2, -0.15) is 0 Å². The maximum Gasteiger partial charge on any atom is 0.265 e. The fourth-order valence-corrected chi connectivity index (χ4v) is 4.21. The van der Waals surface area contributed by atoms with Gasteiger partial charge >= 0.3 is 0 Å². The molecule has 1 aliphatic rings. The quantitative estimate of drug-likeness (QED) is 0.376. The van der Waals surface area contributed by atoms with Crippen molar-refractivity contribution < 1.29 is 19.1 Å². The summed E-state index contributed by atoms with van der Waals surface area (Å²) < 4.78 is 10.9. The van der Waals surface area contributed by atoms with E-state index in [1.54, 1.807) is 32.2 Å².